The maximum absolute atomic E-state index is 10.5. The molecule has 11 heavy (non-hydrogen) atoms. The lowest BCUT2D eigenvalue weighted by Gasteiger charge is -2.03. The molecule has 0 aromatic carbocycles. The molecule has 0 aliphatic rings. The van der Waals surface area contributed by atoms with Crippen LogP contribution in [0.4, 0.5) is 0 Å². The number of aliphatic carboxylic acids is 1. The Morgan fingerprint density at radius 2 is 2.09 bits per heavy atom. The molecule has 0 saturated heterocycles. The molecule has 0 bridgehead atoms. The second kappa shape index (κ2) is 4.71. The first-order valence-electron chi connectivity index (χ1n) is 3.37. The third-order valence-corrected chi connectivity index (χ3v) is 1.43. The molecule has 0 heterocycles. The Morgan fingerprint density at radius 3 is 2.45 bits per heavy atom. The van der Waals surface area contributed by atoms with Gasteiger partial charge in [-0.3, -0.25) is 9.59 Å². The zero-order valence-corrected chi connectivity index (χ0v) is 6.66. The van der Waals surface area contributed by atoms with E-state index in [1.54, 1.807) is 6.92 Å². The van der Waals surface area contributed by atoms with E-state index in [1.807, 2.05) is 0 Å². The summed E-state index contributed by atoms with van der Waals surface area (Å²) < 4.78 is 4.35. The largest absolute Gasteiger partial charge is 0.481 e. The van der Waals surface area contributed by atoms with Gasteiger partial charge < -0.3 is 9.84 Å². The van der Waals surface area contributed by atoms with Crippen LogP contribution < -0.4 is 0 Å². The number of carboxylic acids is 1. The van der Waals surface area contributed by atoms with Gasteiger partial charge in [0.05, 0.1) is 13.0 Å². The second-order valence-corrected chi connectivity index (χ2v) is 2.35. The first kappa shape index (κ1) is 9.94. The SMILES string of the molecule is COC(=O)CC[C@@H](C)C(=O)O. The van der Waals surface area contributed by atoms with Gasteiger partial charge in [0.2, 0.25) is 0 Å². The number of hydrogen-bond acceptors (Lipinski definition) is 3. The molecule has 1 N–H and O–H groups in total. The quantitative estimate of drug-likeness (QED) is 0.613. The minimum Gasteiger partial charge on any atom is -0.481 e. The van der Waals surface area contributed by atoms with Crippen LogP contribution >= 0.6 is 0 Å². The highest BCUT2D eigenvalue weighted by Gasteiger charge is 2.12. The summed E-state index contributed by atoms with van der Waals surface area (Å²) in [6.45, 7) is 1.56. The van der Waals surface area contributed by atoms with Crippen molar-refractivity contribution in [3.63, 3.8) is 0 Å². The monoisotopic (exact) mass is 160 g/mol. The topological polar surface area (TPSA) is 63.6 Å². The van der Waals surface area contributed by atoms with Crippen LogP contribution in [-0.2, 0) is 14.3 Å². The number of esters is 1. The maximum atomic E-state index is 10.5. The minimum absolute atomic E-state index is 0.171. The van der Waals surface area contributed by atoms with Gasteiger partial charge >= 0.3 is 11.9 Å². The predicted octanol–water partition coefficient (Wildman–Crippen LogP) is 0.660. The summed E-state index contributed by atoms with van der Waals surface area (Å²) >= 11 is 0. The van der Waals surface area contributed by atoms with Crippen molar-refractivity contribution in [2.24, 2.45) is 5.92 Å². The summed E-state index contributed by atoms with van der Waals surface area (Å²) in [6, 6.07) is 0. The molecule has 1 atom stereocenters. The zero-order valence-electron chi connectivity index (χ0n) is 6.66. The Hall–Kier alpha value is -1.06. The van der Waals surface area contributed by atoms with Gasteiger partial charge in [-0.25, -0.2) is 0 Å². The van der Waals surface area contributed by atoms with Crippen LogP contribution in [0.25, 0.3) is 0 Å². The molecule has 0 spiro atoms. The van der Waals surface area contributed by atoms with Crippen molar-refractivity contribution in [3.8, 4) is 0 Å². The Bertz CT molecular complexity index is 153. The highest BCUT2D eigenvalue weighted by Crippen LogP contribution is 2.05. The van der Waals surface area contributed by atoms with Crippen molar-refractivity contribution in [1.29, 1.82) is 0 Å². The number of ether oxygens (including phenoxy) is 1. The number of carboxylic acid groups (broad SMARTS) is 1. The minimum atomic E-state index is -0.881. The fraction of sp³-hybridized carbons (Fsp3) is 0.714. The average Bonchev–Trinajstić information content (AvgIpc) is 1.99. The van der Waals surface area contributed by atoms with Crippen molar-refractivity contribution in [2.45, 2.75) is 19.8 Å². The standard InChI is InChI=1S/C7H12O4/c1-5(7(9)10)3-4-6(8)11-2/h5H,3-4H2,1-2H3,(H,9,10)/t5-/m1/s1. The lowest BCUT2D eigenvalue weighted by atomic mass is 10.1. The summed E-state index contributed by atoms with van der Waals surface area (Å²) in [5, 5.41) is 8.42. The molecule has 0 unspecified atom stereocenters. The van der Waals surface area contributed by atoms with E-state index in [2.05, 4.69) is 4.74 Å². The molecule has 0 aromatic rings. The molecule has 0 aromatic heterocycles. The Morgan fingerprint density at radius 1 is 1.55 bits per heavy atom. The van der Waals surface area contributed by atoms with E-state index in [9.17, 15) is 9.59 Å². The lowest BCUT2D eigenvalue weighted by Crippen LogP contribution is -2.11. The van der Waals surface area contributed by atoms with Gasteiger partial charge in [0.15, 0.2) is 0 Å². The van der Waals surface area contributed by atoms with Crippen molar-refractivity contribution in [1.82, 2.24) is 0 Å². The van der Waals surface area contributed by atoms with Gasteiger partial charge in [-0.2, -0.15) is 0 Å². The van der Waals surface area contributed by atoms with E-state index in [0.29, 0.717) is 6.42 Å². The molecule has 0 rings (SSSR count). The number of carbonyl (C=O) groups is 2. The van der Waals surface area contributed by atoms with Crippen LogP contribution in [-0.4, -0.2) is 24.2 Å². The van der Waals surface area contributed by atoms with Crippen LogP contribution in [0.3, 0.4) is 0 Å². The van der Waals surface area contributed by atoms with Gasteiger partial charge in [0.25, 0.3) is 0 Å². The molecule has 0 aliphatic heterocycles. The molecule has 0 saturated carbocycles. The molecule has 64 valence electrons. The van der Waals surface area contributed by atoms with E-state index in [-0.39, 0.29) is 12.4 Å². The van der Waals surface area contributed by atoms with Gasteiger partial charge in [-0.1, -0.05) is 6.92 Å². The fourth-order valence-electron chi connectivity index (χ4n) is 0.560. The van der Waals surface area contributed by atoms with E-state index >= 15 is 0 Å². The van der Waals surface area contributed by atoms with E-state index < -0.39 is 11.9 Å². The average molecular weight is 160 g/mol. The molecular formula is C7H12O4. The number of rotatable bonds is 4. The zero-order chi connectivity index (χ0) is 8.85. The van der Waals surface area contributed by atoms with Gasteiger partial charge in [-0.15, -0.1) is 0 Å². The third-order valence-electron chi connectivity index (χ3n) is 1.43. The van der Waals surface area contributed by atoms with Crippen molar-refractivity contribution in [2.75, 3.05) is 7.11 Å². The van der Waals surface area contributed by atoms with Crippen molar-refractivity contribution >= 4 is 11.9 Å². The Kier molecular flexibility index (Phi) is 4.26. The smallest absolute Gasteiger partial charge is 0.306 e. The van der Waals surface area contributed by atoms with E-state index in [0.717, 1.165) is 0 Å². The van der Waals surface area contributed by atoms with Crippen LogP contribution in [0.15, 0.2) is 0 Å². The van der Waals surface area contributed by atoms with Crippen molar-refractivity contribution in [3.05, 3.63) is 0 Å². The molecule has 0 amide bonds. The molecule has 0 fully saturated rings. The lowest BCUT2D eigenvalue weighted by molar-refractivity contribution is -0.143. The normalized spacial score (nSPS) is 12.2. The predicted molar refractivity (Wildman–Crippen MR) is 38.0 cm³/mol. The Balaban J connectivity index is 3.54. The molecule has 0 aliphatic carbocycles. The second-order valence-electron chi connectivity index (χ2n) is 2.35. The van der Waals surface area contributed by atoms with Gasteiger partial charge in [0.1, 0.15) is 0 Å². The molecule has 0 radical (unpaired) electrons. The van der Waals surface area contributed by atoms with Crippen LogP contribution in [0.1, 0.15) is 19.8 Å². The summed E-state index contributed by atoms with van der Waals surface area (Å²) in [6.07, 6.45) is 0.506. The third kappa shape index (κ3) is 4.36. The van der Waals surface area contributed by atoms with Crippen molar-refractivity contribution < 1.29 is 19.4 Å². The van der Waals surface area contributed by atoms with Gasteiger partial charge in [-0.05, 0) is 6.42 Å². The molecule has 4 heteroatoms. The maximum Gasteiger partial charge on any atom is 0.306 e. The Labute approximate surface area is 65.2 Å². The van der Waals surface area contributed by atoms with E-state index in [1.165, 1.54) is 7.11 Å². The van der Waals surface area contributed by atoms with Gasteiger partial charge in [0, 0.05) is 6.42 Å². The van der Waals surface area contributed by atoms with Crippen LogP contribution in [0.2, 0.25) is 0 Å². The van der Waals surface area contributed by atoms with Crippen LogP contribution in [0, 0.1) is 5.92 Å². The highest BCUT2D eigenvalue weighted by molar-refractivity contribution is 5.72. The molecular weight excluding hydrogens is 148 g/mol. The summed E-state index contributed by atoms with van der Waals surface area (Å²) in [4.78, 5) is 20.8. The summed E-state index contributed by atoms with van der Waals surface area (Å²) in [5.41, 5.74) is 0. The first-order chi connectivity index (χ1) is 5.07. The summed E-state index contributed by atoms with van der Waals surface area (Å²) in [7, 11) is 1.29. The highest BCUT2D eigenvalue weighted by atomic mass is 16.5. The molecule has 4 nitrogen and oxygen atoms in total. The first-order valence-corrected chi connectivity index (χ1v) is 3.37. The number of methoxy groups -OCH3 is 1. The number of carbonyl (C=O) groups excluding carboxylic acids is 1. The fourth-order valence-corrected chi connectivity index (χ4v) is 0.560. The van der Waals surface area contributed by atoms with E-state index in [4.69, 9.17) is 5.11 Å². The summed E-state index contributed by atoms with van der Waals surface area (Å²) in [5.74, 6) is -1.72. The number of hydrogen-bond donors (Lipinski definition) is 1. The van der Waals surface area contributed by atoms with Crippen LogP contribution in [0.5, 0.6) is 0 Å².